The summed E-state index contributed by atoms with van der Waals surface area (Å²) in [4.78, 5) is 15.9. The van der Waals surface area contributed by atoms with Crippen molar-refractivity contribution in [1.82, 2.24) is 14.8 Å². The number of ether oxygens (including phenoxy) is 2. The Morgan fingerprint density at radius 3 is 3.05 bits per heavy atom. The maximum absolute atomic E-state index is 11.9. The number of hydrogen-bond acceptors (Lipinski definition) is 5. The number of carbonyl (C=O) groups excluding carboxylic acids is 1. The van der Waals surface area contributed by atoms with Gasteiger partial charge in [0.05, 0.1) is 29.7 Å². The number of hydrogen-bond donors (Lipinski definition) is 1. The van der Waals surface area contributed by atoms with Gasteiger partial charge < -0.3 is 9.47 Å². The molecule has 0 spiro atoms. The molecule has 0 radical (unpaired) electrons. The van der Waals surface area contributed by atoms with Gasteiger partial charge in [-0.05, 0) is 47.2 Å². The Labute approximate surface area is 141 Å². The first kappa shape index (κ1) is 15.1. The van der Waals surface area contributed by atoms with E-state index in [4.69, 9.17) is 9.47 Å². The van der Waals surface area contributed by atoms with Gasteiger partial charge in [-0.15, -0.1) is 0 Å². The van der Waals surface area contributed by atoms with Gasteiger partial charge in [-0.3, -0.25) is 10.1 Å². The van der Waals surface area contributed by atoms with Crippen molar-refractivity contribution in [2.45, 2.75) is 19.4 Å². The van der Waals surface area contributed by atoms with Crippen LogP contribution in [0, 0.1) is 3.57 Å². The van der Waals surface area contributed by atoms with E-state index < -0.39 is 0 Å². The molecule has 8 heteroatoms. The van der Waals surface area contributed by atoms with Crippen LogP contribution in [-0.4, -0.2) is 34.4 Å². The van der Waals surface area contributed by atoms with E-state index in [1.165, 1.54) is 6.33 Å². The first-order chi connectivity index (χ1) is 10.6. The van der Waals surface area contributed by atoms with Crippen molar-refractivity contribution in [2.75, 3.05) is 19.0 Å². The molecule has 0 unspecified atom stereocenters. The van der Waals surface area contributed by atoms with Crippen LogP contribution in [0.2, 0.25) is 0 Å². The van der Waals surface area contributed by atoms with Crippen molar-refractivity contribution in [2.24, 2.45) is 0 Å². The van der Waals surface area contributed by atoms with E-state index in [1.54, 1.807) is 11.8 Å². The molecule has 1 aromatic carbocycles. The minimum absolute atomic E-state index is 0.0747. The molecule has 7 nitrogen and oxygen atoms in total. The molecule has 2 heterocycles. The van der Waals surface area contributed by atoms with Gasteiger partial charge in [0.1, 0.15) is 6.33 Å². The number of nitrogens with zero attached hydrogens (tertiary/aromatic N) is 3. The highest BCUT2D eigenvalue weighted by atomic mass is 127. The fraction of sp³-hybridized carbons (Fsp3) is 0.357. The number of halogens is 1. The average molecular weight is 414 g/mol. The summed E-state index contributed by atoms with van der Waals surface area (Å²) < 4.78 is 13.7. The number of fused-ring (bicyclic) bond motifs is 1. The van der Waals surface area contributed by atoms with Gasteiger partial charge in [0.25, 0.3) is 0 Å². The van der Waals surface area contributed by atoms with E-state index in [0.717, 1.165) is 9.13 Å². The number of anilines is 1. The molecule has 1 atom stereocenters. The fourth-order valence-electron chi connectivity index (χ4n) is 2.51. The molecule has 0 fully saturated rings. The standard InChI is InChI=1S/C14H15IN4O3/c1-3-22-11-5-8(4-9(15)13(11)21-2)10-6-12(20)18-14-16-7-17-19(10)14/h4-5,7,10H,3,6H2,1-2H3,(H,16,17,18,20)/t10-/m1/s1. The molecule has 3 rings (SSSR count). The molecule has 116 valence electrons. The Balaban J connectivity index is 2.07. The lowest BCUT2D eigenvalue weighted by Gasteiger charge is -2.24. The van der Waals surface area contributed by atoms with Gasteiger partial charge in [0.15, 0.2) is 11.5 Å². The highest BCUT2D eigenvalue weighted by Gasteiger charge is 2.29. The number of nitrogens with one attached hydrogen (secondary N) is 1. The molecule has 1 aliphatic rings. The van der Waals surface area contributed by atoms with Crippen LogP contribution in [0.1, 0.15) is 24.9 Å². The van der Waals surface area contributed by atoms with E-state index >= 15 is 0 Å². The zero-order chi connectivity index (χ0) is 15.7. The molecule has 0 aliphatic carbocycles. The Hall–Kier alpha value is -1.84. The zero-order valence-corrected chi connectivity index (χ0v) is 14.3. The molecular weight excluding hydrogens is 399 g/mol. The van der Waals surface area contributed by atoms with Gasteiger partial charge in [0.2, 0.25) is 11.9 Å². The third-order valence-corrected chi connectivity index (χ3v) is 4.22. The Bertz CT molecular complexity index is 716. The molecule has 1 aromatic heterocycles. The second-order valence-electron chi connectivity index (χ2n) is 4.76. The van der Waals surface area contributed by atoms with Crippen molar-refractivity contribution < 1.29 is 14.3 Å². The minimum atomic E-state index is -0.204. The van der Waals surface area contributed by atoms with Gasteiger partial charge >= 0.3 is 0 Å². The number of amides is 1. The molecule has 1 amide bonds. The maximum atomic E-state index is 11.9. The van der Waals surface area contributed by atoms with Crippen LogP contribution < -0.4 is 14.8 Å². The van der Waals surface area contributed by atoms with Gasteiger partial charge in [-0.2, -0.15) is 10.1 Å². The number of methoxy groups -OCH3 is 1. The summed E-state index contributed by atoms with van der Waals surface area (Å²) in [7, 11) is 1.61. The molecular formula is C14H15IN4O3. The van der Waals surface area contributed by atoms with Crippen LogP contribution in [0.4, 0.5) is 5.95 Å². The SMILES string of the molecule is CCOc1cc([C@H]2CC(=O)Nc3ncnn32)cc(I)c1OC. The van der Waals surface area contributed by atoms with Gasteiger partial charge in [-0.1, -0.05) is 0 Å². The normalized spacial score (nSPS) is 16.9. The minimum Gasteiger partial charge on any atom is -0.492 e. The summed E-state index contributed by atoms with van der Waals surface area (Å²) in [5.41, 5.74) is 0.940. The van der Waals surface area contributed by atoms with Crippen molar-refractivity contribution in [1.29, 1.82) is 0 Å². The van der Waals surface area contributed by atoms with Crippen molar-refractivity contribution in [3.05, 3.63) is 27.6 Å². The van der Waals surface area contributed by atoms with Gasteiger partial charge in [0, 0.05) is 0 Å². The van der Waals surface area contributed by atoms with E-state index in [2.05, 4.69) is 38.0 Å². The number of carbonyl (C=O) groups is 1. The molecule has 22 heavy (non-hydrogen) atoms. The Morgan fingerprint density at radius 1 is 1.50 bits per heavy atom. The summed E-state index contributed by atoms with van der Waals surface area (Å²) in [6, 6.07) is 3.68. The smallest absolute Gasteiger partial charge is 0.229 e. The number of benzene rings is 1. The third-order valence-electron chi connectivity index (χ3n) is 3.42. The van der Waals surface area contributed by atoms with Crippen molar-refractivity contribution >= 4 is 34.4 Å². The summed E-state index contributed by atoms with van der Waals surface area (Å²) in [6.45, 7) is 2.46. The predicted octanol–water partition coefficient (Wildman–Crippen LogP) is 2.22. The van der Waals surface area contributed by atoms with E-state index in [-0.39, 0.29) is 11.9 Å². The molecule has 2 aromatic rings. The first-order valence-corrected chi connectivity index (χ1v) is 7.91. The lowest BCUT2D eigenvalue weighted by Crippen LogP contribution is -2.29. The third kappa shape index (κ3) is 2.62. The molecule has 0 saturated heterocycles. The van der Waals surface area contributed by atoms with Gasteiger partial charge in [-0.25, -0.2) is 4.68 Å². The second kappa shape index (κ2) is 6.11. The number of rotatable bonds is 4. The molecule has 1 aliphatic heterocycles. The fourth-order valence-corrected chi connectivity index (χ4v) is 3.35. The van der Waals surface area contributed by atoms with E-state index in [9.17, 15) is 4.79 Å². The Morgan fingerprint density at radius 2 is 2.32 bits per heavy atom. The summed E-state index contributed by atoms with van der Waals surface area (Å²) in [6.07, 6.45) is 1.75. The molecule has 1 N–H and O–H groups in total. The Kier molecular flexibility index (Phi) is 4.19. The van der Waals surface area contributed by atoms with Crippen LogP contribution in [0.15, 0.2) is 18.5 Å². The summed E-state index contributed by atoms with van der Waals surface area (Å²) in [5, 5.41) is 6.92. The number of aromatic nitrogens is 3. The van der Waals surface area contributed by atoms with Crippen molar-refractivity contribution in [3.63, 3.8) is 0 Å². The topological polar surface area (TPSA) is 78.3 Å². The van der Waals surface area contributed by atoms with Crippen molar-refractivity contribution in [3.8, 4) is 11.5 Å². The highest BCUT2D eigenvalue weighted by Crippen LogP contribution is 2.38. The van der Waals surface area contributed by atoms with E-state index in [1.807, 2.05) is 19.1 Å². The van der Waals surface area contributed by atoms with Crippen LogP contribution in [0.5, 0.6) is 11.5 Å². The van der Waals surface area contributed by atoms with E-state index in [0.29, 0.717) is 30.5 Å². The van der Waals surface area contributed by atoms with Crippen LogP contribution in [0.25, 0.3) is 0 Å². The lowest BCUT2D eigenvalue weighted by atomic mass is 10.0. The van der Waals surface area contributed by atoms with Crippen LogP contribution in [0.3, 0.4) is 0 Å². The highest BCUT2D eigenvalue weighted by molar-refractivity contribution is 14.1. The summed E-state index contributed by atoms with van der Waals surface area (Å²) in [5.74, 6) is 1.75. The zero-order valence-electron chi connectivity index (χ0n) is 12.2. The molecule has 0 saturated carbocycles. The quantitative estimate of drug-likeness (QED) is 0.777. The average Bonchev–Trinajstić information content (AvgIpc) is 2.94. The lowest BCUT2D eigenvalue weighted by molar-refractivity contribution is -0.117. The first-order valence-electron chi connectivity index (χ1n) is 6.83. The summed E-state index contributed by atoms with van der Waals surface area (Å²) >= 11 is 2.20. The maximum Gasteiger partial charge on any atom is 0.229 e. The molecule has 0 bridgehead atoms. The van der Waals surface area contributed by atoms with Crippen LogP contribution in [-0.2, 0) is 4.79 Å². The monoisotopic (exact) mass is 414 g/mol. The second-order valence-corrected chi connectivity index (χ2v) is 5.93. The van der Waals surface area contributed by atoms with Crippen LogP contribution >= 0.6 is 22.6 Å². The largest absolute Gasteiger partial charge is 0.492 e. The predicted molar refractivity (Wildman–Crippen MR) is 88.3 cm³/mol.